The van der Waals surface area contributed by atoms with Crippen LogP contribution in [0.15, 0.2) is 71.1 Å². The summed E-state index contributed by atoms with van der Waals surface area (Å²) in [6, 6.07) is 17.9. The normalized spacial score (nSPS) is 12.7. The molecule has 0 saturated heterocycles. The molecule has 38 heavy (non-hydrogen) atoms. The molecule has 10 nitrogen and oxygen atoms in total. The molecule has 0 aliphatic rings. The molecule has 3 N–H and O–H groups in total. The lowest BCUT2D eigenvalue weighted by atomic mass is 10.1. The Bertz CT molecular complexity index is 1440. The van der Waals surface area contributed by atoms with Gasteiger partial charge in [0, 0.05) is 17.3 Å². The van der Waals surface area contributed by atoms with Crippen molar-refractivity contribution in [1.82, 2.24) is 5.32 Å². The van der Waals surface area contributed by atoms with Gasteiger partial charge in [0.1, 0.15) is 28.7 Å². The molecular formula is C27H28N2O8S. The Morgan fingerprint density at radius 2 is 1.71 bits per heavy atom. The van der Waals surface area contributed by atoms with Gasteiger partial charge in [0.05, 0.1) is 12.8 Å². The molecule has 2 atom stereocenters. The Hall–Kier alpha value is -4.09. The number of fused-ring (bicyclic) bond motifs is 3. The molecule has 4 aromatic rings. The first-order valence-corrected chi connectivity index (χ1v) is 13.0. The molecule has 200 valence electrons. The second-order valence-electron chi connectivity index (χ2n) is 8.50. The molecule has 1 heterocycles. The Balaban J connectivity index is 1.32. The highest BCUT2D eigenvalue weighted by atomic mass is 32.2. The Kier molecular flexibility index (Phi) is 8.82. The molecule has 0 radical (unpaired) electrons. The second kappa shape index (κ2) is 12.4. The van der Waals surface area contributed by atoms with Crippen LogP contribution in [0, 0.1) is 0 Å². The fraction of sp³-hybridized carbons (Fsp3) is 0.259. The summed E-state index contributed by atoms with van der Waals surface area (Å²) in [4.78, 5) is 24.1. The highest BCUT2D eigenvalue weighted by Crippen LogP contribution is 2.33. The zero-order chi connectivity index (χ0) is 27.1. The van der Waals surface area contributed by atoms with Gasteiger partial charge >= 0.3 is 5.97 Å². The molecule has 0 fully saturated rings. The van der Waals surface area contributed by atoms with E-state index in [1.165, 1.54) is 0 Å². The number of benzene rings is 3. The van der Waals surface area contributed by atoms with E-state index in [0.29, 0.717) is 47.7 Å². The number of ether oxygens (including phenoxy) is 2. The predicted molar refractivity (Wildman–Crippen MR) is 144 cm³/mol. The molecular weight excluding hydrogens is 512 g/mol. The van der Waals surface area contributed by atoms with Crippen molar-refractivity contribution in [3.63, 3.8) is 0 Å². The van der Waals surface area contributed by atoms with Crippen LogP contribution in [0.4, 0.5) is 5.69 Å². The van der Waals surface area contributed by atoms with E-state index in [9.17, 15) is 23.5 Å². The lowest BCUT2D eigenvalue weighted by Crippen LogP contribution is -2.42. The summed E-state index contributed by atoms with van der Waals surface area (Å²) in [6.45, 7) is 0.152. The van der Waals surface area contributed by atoms with Crippen LogP contribution in [0.1, 0.15) is 19.3 Å². The number of para-hydroxylation sites is 1. The van der Waals surface area contributed by atoms with Crippen LogP contribution in [0.5, 0.6) is 11.5 Å². The first kappa shape index (κ1) is 27.0. The maximum Gasteiger partial charge on any atom is 0.327 e. The molecule has 2 unspecified atom stereocenters. The van der Waals surface area contributed by atoms with Gasteiger partial charge < -0.3 is 24.3 Å². The Morgan fingerprint density at radius 1 is 1.00 bits per heavy atom. The van der Waals surface area contributed by atoms with E-state index in [0.717, 1.165) is 15.1 Å². The van der Waals surface area contributed by atoms with Crippen molar-refractivity contribution in [2.45, 2.75) is 25.3 Å². The fourth-order valence-corrected chi connectivity index (χ4v) is 4.84. The van der Waals surface area contributed by atoms with E-state index >= 15 is 0 Å². The van der Waals surface area contributed by atoms with E-state index in [4.69, 9.17) is 13.9 Å². The topological polar surface area (TPSA) is 139 Å². The smallest absolute Gasteiger partial charge is 0.327 e. The summed E-state index contributed by atoms with van der Waals surface area (Å²) in [5.74, 6) is -0.319. The van der Waals surface area contributed by atoms with Gasteiger partial charge in [-0.1, -0.05) is 18.2 Å². The minimum atomic E-state index is -2.58. The zero-order valence-electron chi connectivity index (χ0n) is 20.7. The van der Waals surface area contributed by atoms with Crippen molar-refractivity contribution in [2.75, 3.05) is 24.6 Å². The van der Waals surface area contributed by atoms with Crippen LogP contribution in [0.25, 0.3) is 21.9 Å². The fourth-order valence-electron chi connectivity index (χ4n) is 4.13. The summed E-state index contributed by atoms with van der Waals surface area (Å²) in [5, 5.41) is 14.1. The van der Waals surface area contributed by atoms with Gasteiger partial charge in [-0.25, -0.2) is 9.00 Å². The third-order valence-electron chi connectivity index (χ3n) is 6.01. The monoisotopic (exact) mass is 540 g/mol. The number of carboxylic acid groups (broad SMARTS) is 1. The molecule has 0 saturated carbocycles. The van der Waals surface area contributed by atoms with E-state index in [1.54, 1.807) is 49.6 Å². The third-order valence-corrected chi connectivity index (χ3v) is 6.81. The standard InChI is InChI=1S/C27H28N2O8S/c1-35-19-10-12-20(13-11-19)36-17-26(30)28-15-5-4-7-23(27(31)32)29(38(33)34)18-9-14-25-22(16-18)21-6-2-3-8-24(21)37-25/h2-3,6,8-14,16,23H,4-5,7,15,17H2,1H3,(H,28,30)(H,31,32)(H,33,34). The van der Waals surface area contributed by atoms with Crippen LogP contribution in [-0.4, -0.2) is 52.0 Å². The largest absolute Gasteiger partial charge is 0.497 e. The molecule has 1 aromatic heterocycles. The number of amides is 1. The first-order chi connectivity index (χ1) is 18.4. The molecule has 3 aromatic carbocycles. The molecule has 11 heteroatoms. The number of nitrogens with one attached hydrogen (secondary N) is 1. The number of aliphatic carboxylic acids is 1. The van der Waals surface area contributed by atoms with Gasteiger partial charge in [0.25, 0.3) is 17.2 Å². The molecule has 1 amide bonds. The summed E-state index contributed by atoms with van der Waals surface area (Å²) in [5.41, 5.74) is 1.56. The quantitative estimate of drug-likeness (QED) is 0.168. The average molecular weight is 541 g/mol. The van der Waals surface area contributed by atoms with Gasteiger partial charge in [-0.15, -0.1) is 0 Å². The van der Waals surface area contributed by atoms with E-state index < -0.39 is 23.3 Å². The number of hydrogen-bond acceptors (Lipinski definition) is 6. The number of methoxy groups -OCH3 is 1. The molecule has 0 bridgehead atoms. The van der Waals surface area contributed by atoms with Crippen LogP contribution in [-0.2, 0) is 20.9 Å². The molecule has 0 aliphatic heterocycles. The number of carbonyl (C=O) groups excluding carboxylic acids is 1. The number of furan rings is 1. The number of anilines is 1. The average Bonchev–Trinajstić information content (AvgIpc) is 3.29. The van der Waals surface area contributed by atoms with Crippen molar-refractivity contribution in [3.05, 3.63) is 66.7 Å². The summed E-state index contributed by atoms with van der Waals surface area (Å²) >= 11 is -2.58. The summed E-state index contributed by atoms with van der Waals surface area (Å²) in [7, 11) is 1.56. The molecule has 4 rings (SSSR count). The Labute approximate surface area is 221 Å². The number of carbonyl (C=O) groups is 2. The maximum atomic E-state index is 12.3. The molecule has 0 spiro atoms. The summed E-state index contributed by atoms with van der Waals surface area (Å²) < 4.78 is 39.6. The number of rotatable bonds is 13. The van der Waals surface area contributed by atoms with Gasteiger partial charge in [-0.2, -0.15) is 0 Å². The number of hydrogen-bond donors (Lipinski definition) is 3. The molecule has 0 aliphatic carbocycles. The van der Waals surface area contributed by atoms with Crippen LogP contribution < -0.4 is 19.1 Å². The van der Waals surface area contributed by atoms with Gasteiger partial charge in [-0.05, 0) is 67.8 Å². The lowest BCUT2D eigenvalue weighted by molar-refractivity contribution is -0.138. The highest BCUT2D eigenvalue weighted by molar-refractivity contribution is 7.80. The van der Waals surface area contributed by atoms with Gasteiger partial charge in [0.15, 0.2) is 6.61 Å². The highest BCUT2D eigenvalue weighted by Gasteiger charge is 2.30. The van der Waals surface area contributed by atoms with Crippen LogP contribution in [0.2, 0.25) is 0 Å². The maximum absolute atomic E-state index is 12.3. The number of unbranched alkanes of at least 4 members (excludes halogenated alkanes) is 1. The van der Waals surface area contributed by atoms with E-state index in [1.807, 2.05) is 24.3 Å². The summed E-state index contributed by atoms with van der Waals surface area (Å²) in [6.07, 6.45) is 0.987. The van der Waals surface area contributed by atoms with Crippen molar-refractivity contribution in [3.8, 4) is 11.5 Å². The van der Waals surface area contributed by atoms with Gasteiger partial charge in [0.2, 0.25) is 0 Å². The number of carboxylic acids is 1. The van der Waals surface area contributed by atoms with Crippen LogP contribution in [0.3, 0.4) is 0 Å². The SMILES string of the molecule is COc1ccc(OCC(=O)NCCCCC(C(=O)O)N(c2ccc3oc4ccccc4c3c2)S(=O)O)cc1. The van der Waals surface area contributed by atoms with Crippen molar-refractivity contribution in [2.24, 2.45) is 0 Å². The van der Waals surface area contributed by atoms with Crippen molar-refractivity contribution < 1.29 is 37.3 Å². The van der Waals surface area contributed by atoms with Crippen molar-refractivity contribution in [1.29, 1.82) is 0 Å². The van der Waals surface area contributed by atoms with Gasteiger partial charge in [-0.3, -0.25) is 13.7 Å². The first-order valence-electron chi connectivity index (χ1n) is 11.9. The minimum Gasteiger partial charge on any atom is -0.497 e. The van der Waals surface area contributed by atoms with E-state index in [-0.39, 0.29) is 18.9 Å². The minimum absolute atomic E-state index is 0.101. The number of nitrogens with zero attached hydrogens (tertiary/aromatic N) is 1. The van der Waals surface area contributed by atoms with Crippen molar-refractivity contribution >= 4 is 50.8 Å². The van der Waals surface area contributed by atoms with Crippen LogP contribution >= 0.6 is 0 Å². The van der Waals surface area contributed by atoms with E-state index in [2.05, 4.69) is 5.32 Å². The second-order valence-corrected chi connectivity index (χ2v) is 9.35. The Morgan fingerprint density at radius 3 is 2.42 bits per heavy atom. The lowest BCUT2D eigenvalue weighted by Gasteiger charge is -2.27. The predicted octanol–water partition coefficient (Wildman–Crippen LogP) is 4.36. The zero-order valence-corrected chi connectivity index (χ0v) is 21.5. The third kappa shape index (κ3) is 6.42.